The van der Waals surface area contributed by atoms with Gasteiger partial charge in [-0.25, -0.2) is 8.42 Å². The average Bonchev–Trinajstić information content (AvgIpc) is 2.57. The Balaban J connectivity index is 3.17. The summed E-state index contributed by atoms with van der Waals surface area (Å²) < 4.78 is 31.6. The second kappa shape index (κ2) is 5.98. The van der Waals surface area contributed by atoms with Gasteiger partial charge in [-0.3, -0.25) is 0 Å². The van der Waals surface area contributed by atoms with Crippen molar-refractivity contribution in [2.45, 2.75) is 45.1 Å². The Morgan fingerprint density at radius 3 is 2.42 bits per heavy atom. The first-order chi connectivity index (χ1) is 8.67. The first-order valence-corrected chi connectivity index (χ1v) is 7.75. The van der Waals surface area contributed by atoms with Crippen LogP contribution in [-0.4, -0.2) is 35.5 Å². The van der Waals surface area contributed by atoms with E-state index in [1.165, 1.54) is 4.31 Å². The molecule has 1 rings (SSSR count). The van der Waals surface area contributed by atoms with Crippen LogP contribution >= 0.6 is 12.2 Å². The van der Waals surface area contributed by atoms with Crippen molar-refractivity contribution in [3.8, 4) is 0 Å². The molecule has 1 aromatic rings. The predicted molar refractivity (Wildman–Crippen MR) is 76.4 cm³/mol. The van der Waals surface area contributed by atoms with Crippen LogP contribution < -0.4 is 5.73 Å². The van der Waals surface area contributed by atoms with Gasteiger partial charge < -0.3 is 10.3 Å². The van der Waals surface area contributed by atoms with Gasteiger partial charge in [0.1, 0.15) is 10.6 Å². The van der Waals surface area contributed by atoms with Crippen LogP contribution in [0.25, 0.3) is 0 Å². The van der Waals surface area contributed by atoms with Gasteiger partial charge in [0.2, 0.25) is 10.0 Å². The number of thiocarbonyl (C=S) groups is 1. The molecule has 0 aliphatic rings. The van der Waals surface area contributed by atoms with E-state index in [4.69, 9.17) is 22.5 Å². The maximum Gasteiger partial charge on any atom is 0.248 e. The van der Waals surface area contributed by atoms with Gasteiger partial charge >= 0.3 is 0 Å². The molecule has 2 N–H and O–H groups in total. The zero-order chi connectivity index (χ0) is 14.8. The molecular weight excluding hydrogens is 286 g/mol. The molecule has 1 heterocycles. The molecule has 19 heavy (non-hydrogen) atoms. The molecule has 0 saturated carbocycles. The number of nitrogens with two attached hydrogens (primary N) is 1. The van der Waals surface area contributed by atoms with Crippen LogP contribution in [0, 0.1) is 13.8 Å². The number of aryl methyl sites for hydroxylation is 2. The van der Waals surface area contributed by atoms with Crippen LogP contribution in [0.15, 0.2) is 9.42 Å². The van der Waals surface area contributed by atoms with Crippen molar-refractivity contribution < 1.29 is 12.9 Å². The number of nitrogens with zero attached hydrogens (tertiary/aromatic N) is 2. The van der Waals surface area contributed by atoms with Crippen LogP contribution in [-0.2, 0) is 10.0 Å². The first-order valence-electron chi connectivity index (χ1n) is 5.91. The molecule has 0 bridgehead atoms. The number of hydrogen-bond acceptors (Lipinski definition) is 5. The van der Waals surface area contributed by atoms with Crippen molar-refractivity contribution in [2.75, 3.05) is 6.54 Å². The molecule has 0 radical (unpaired) electrons. The third-order valence-corrected chi connectivity index (χ3v) is 5.21. The fourth-order valence-electron chi connectivity index (χ4n) is 1.84. The largest absolute Gasteiger partial charge is 0.393 e. The fourth-order valence-corrected chi connectivity index (χ4v) is 3.86. The molecule has 0 atom stereocenters. The van der Waals surface area contributed by atoms with E-state index >= 15 is 0 Å². The van der Waals surface area contributed by atoms with E-state index in [0.717, 1.165) is 0 Å². The first kappa shape index (κ1) is 16.1. The Morgan fingerprint density at radius 2 is 2.05 bits per heavy atom. The predicted octanol–water partition coefficient (Wildman–Crippen LogP) is 1.37. The maximum absolute atomic E-state index is 12.6. The molecule has 6 nitrogen and oxygen atoms in total. The van der Waals surface area contributed by atoms with Gasteiger partial charge in [-0.2, -0.15) is 4.31 Å². The molecule has 0 unspecified atom stereocenters. The molecule has 0 aliphatic heterocycles. The van der Waals surface area contributed by atoms with E-state index in [1.807, 2.05) is 0 Å². The normalized spacial score (nSPS) is 12.3. The number of sulfonamides is 1. The maximum atomic E-state index is 12.6. The Kier molecular flexibility index (Phi) is 5.05. The Bertz CT molecular complexity index is 544. The fraction of sp³-hybridized carbons (Fsp3) is 0.636. The SMILES string of the molecule is Cc1noc(C)c1S(=O)(=O)N(CCC(N)=S)C(C)C. The van der Waals surface area contributed by atoms with Gasteiger partial charge in [-0.1, -0.05) is 17.4 Å². The number of rotatable bonds is 6. The van der Waals surface area contributed by atoms with E-state index in [1.54, 1.807) is 27.7 Å². The van der Waals surface area contributed by atoms with Crippen molar-refractivity contribution in [3.63, 3.8) is 0 Å². The molecule has 0 aliphatic carbocycles. The molecule has 0 amide bonds. The van der Waals surface area contributed by atoms with E-state index in [0.29, 0.717) is 22.9 Å². The smallest absolute Gasteiger partial charge is 0.248 e. The van der Waals surface area contributed by atoms with Crippen LogP contribution in [0.4, 0.5) is 0 Å². The molecule has 0 aromatic carbocycles. The van der Waals surface area contributed by atoms with Crippen molar-refractivity contribution in [1.82, 2.24) is 9.46 Å². The summed E-state index contributed by atoms with van der Waals surface area (Å²) >= 11 is 4.80. The van der Waals surface area contributed by atoms with Crippen LogP contribution in [0.1, 0.15) is 31.7 Å². The summed E-state index contributed by atoms with van der Waals surface area (Å²) in [6.07, 6.45) is 0.343. The summed E-state index contributed by atoms with van der Waals surface area (Å²) in [5.74, 6) is 0.290. The highest BCUT2D eigenvalue weighted by atomic mass is 32.2. The molecule has 0 spiro atoms. The third kappa shape index (κ3) is 3.52. The van der Waals surface area contributed by atoms with Gasteiger partial charge in [-0.15, -0.1) is 0 Å². The van der Waals surface area contributed by atoms with E-state index in [-0.39, 0.29) is 17.5 Å². The van der Waals surface area contributed by atoms with Gasteiger partial charge in [0, 0.05) is 19.0 Å². The van der Waals surface area contributed by atoms with Crippen molar-refractivity contribution in [2.24, 2.45) is 5.73 Å². The summed E-state index contributed by atoms with van der Waals surface area (Å²) in [5.41, 5.74) is 5.80. The average molecular weight is 305 g/mol. The summed E-state index contributed by atoms with van der Waals surface area (Å²) in [4.78, 5) is 0.420. The monoisotopic (exact) mass is 305 g/mol. The minimum absolute atomic E-state index is 0.129. The number of aromatic nitrogens is 1. The van der Waals surface area contributed by atoms with Crippen LogP contribution in [0.5, 0.6) is 0 Å². The lowest BCUT2D eigenvalue weighted by atomic mass is 10.3. The third-order valence-electron chi connectivity index (χ3n) is 2.69. The van der Waals surface area contributed by atoms with E-state index in [9.17, 15) is 8.42 Å². The van der Waals surface area contributed by atoms with E-state index in [2.05, 4.69) is 5.16 Å². The zero-order valence-corrected chi connectivity index (χ0v) is 13.1. The quantitative estimate of drug-likeness (QED) is 0.798. The lowest BCUT2D eigenvalue weighted by Crippen LogP contribution is -2.39. The molecule has 0 fully saturated rings. The summed E-state index contributed by atoms with van der Waals surface area (Å²) in [5, 5.41) is 3.69. The second-order valence-corrected chi connectivity index (χ2v) is 6.93. The number of hydrogen-bond donors (Lipinski definition) is 1. The lowest BCUT2D eigenvalue weighted by Gasteiger charge is -2.25. The zero-order valence-electron chi connectivity index (χ0n) is 11.5. The van der Waals surface area contributed by atoms with Gasteiger partial charge in [0.25, 0.3) is 0 Å². The highest BCUT2D eigenvalue weighted by Crippen LogP contribution is 2.24. The topological polar surface area (TPSA) is 89.4 Å². The molecular formula is C11H19N3O3S2. The highest BCUT2D eigenvalue weighted by Gasteiger charge is 2.32. The van der Waals surface area contributed by atoms with Crippen molar-refractivity contribution >= 4 is 27.2 Å². The minimum atomic E-state index is -3.65. The Hall–Kier alpha value is -0.990. The molecule has 0 saturated heterocycles. The van der Waals surface area contributed by atoms with Crippen LogP contribution in [0.3, 0.4) is 0 Å². The summed E-state index contributed by atoms with van der Waals surface area (Å²) in [6, 6.07) is -0.201. The van der Waals surface area contributed by atoms with Gasteiger partial charge in [0.05, 0.1) is 4.99 Å². The second-order valence-electron chi connectivity index (χ2n) is 4.58. The Labute approximate surface area is 119 Å². The van der Waals surface area contributed by atoms with E-state index < -0.39 is 10.0 Å². The highest BCUT2D eigenvalue weighted by molar-refractivity contribution is 7.89. The van der Waals surface area contributed by atoms with Gasteiger partial charge in [0.15, 0.2) is 5.76 Å². The summed E-state index contributed by atoms with van der Waals surface area (Å²) in [7, 11) is -3.65. The molecule has 1 aromatic heterocycles. The molecule has 108 valence electrons. The minimum Gasteiger partial charge on any atom is -0.393 e. The standard InChI is InChI=1S/C11H19N3O3S2/c1-7(2)14(6-5-10(12)18)19(15,16)11-8(3)13-17-9(11)4/h7H,5-6H2,1-4H3,(H2,12,18). The summed E-state index contributed by atoms with van der Waals surface area (Å²) in [6.45, 7) is 7.04. The van der Waals surface area contributed by atoms with Gasteiger partial charge in [-0.05, 0) is 27.7 Å². The molecule has 8 heteroatoms. The Morgan fingerprint density at radius 1 is 1.47 bits per heavy atom. The van der Waals surface area contributed by atoms with Crippen molar-refractivity contribution in [1.29, 1.82) is 0 Å². The van der Waals surface area contributed by atoms with Crippen LogP contribution in [0.2, 0.25) is 0 Å². The van der Waals surface area contributed by atoms with Crippen molar-refractivity contribution in [3.05, 3.63) is 11.5 Å². The lowest BCUT2D eigenvalue weighted by molar-refractivity contribution is 0.359.